The summed E-state index contributed by atoms with van der Waals surface area (Å²) in [5.74, 6) is -0.0995. The van der Waals surface area contributed by atoms with Gasteiger partial charge in [-0.15, -0.1) is 0 Å². The Hall–Kier alpha value is -0.970. The maximum atomic E-state index is 11.7. The van der Waals surface area contributed by atoms with Gasteiger partial charge in [-0.25, -0.2) is 0 Å². The first-order valence-electron chi connectivity index (χ1n) is 5.16. The zero-order valence-corrected chi connectivity index (χ0v) is 11.1. The maximum Gasteiger partial charge on any atom is 0.252 e. The van der Waals surface area contributed by atoms with Crippen LogP contribution in [0.15, 0.2) is 18.5 Å². The Labute approximate surface area is 104 Å². The Morgan fingerprint density at radius 2 is 2.25 bits per heavy atom. The van der Waals surface area contributed by atoms with Gasteiger partial charge in [-0.3, -0.25) is 4.79 Å². The summed E-state index contributed by atoms with van der Waals surface area (Å²) in [6, 6.07) is 1.65. The van der Waals surface area contributed by atoms with E-state index in [4.69, 9.17) is 0 Å². The second-order valence-corrected chi connectivity index (χ2v) is 5.21. The average molecular weight is 286 g/mol. The number of amides is 1. The van der Waals surface area contributed by atoms with E-state index in [2.05, 4.69) is 45.3 Å². The first kappa shape index (κ1) is 13.1. The second-order valence-electron chi connectivity index (χ2n) is 4.42. The highest BCUT2D eigenvalue weighted by Crippen LogP contribution is 2.19. The Bertz CT molecular complexity index is 340. The lowest BCUT2D eigenvalue weighted by Gasteiger charge is -2.23. The minimum absolute atomic E-state index is 0.0968. The van der Waals surface area contributed by atoms with Crippen LogP contribution in [0.4, 0.5) is 0 Å². The van der Waals surface area contributed by atoms with Crippen LogP contribution in [-0.4, -0.2) is 28.0 Å². The van der Waals surface area contributed by atoms with Gasteiger partial charge in [0, 0.05) is 11.9 Å². The molecule has 1 rings (SSSR count). The summed E-state index contributed by atoms with van der Waals surface area (Å²) in [4.78, 5) is 11.7. The van der Waals surface area contributed by atoms with Crippen molar-refractivity contribution in [2.45, 2.75) is 20.3 Å². The van der Waals surface area contributed by atoms with E-state index < -0.39 is 0 Å². The van der Waals surface area contributed by atoms with Gasteiger partial charge in [-0.05, 0) is 17.9 Å². The molecule has 1 N–H and O–H groups in total. The fourth-order valence-electron chi connectivity index (χ4n) is 1.19. The fourth-order valence-corrected chi connectivity index (χ4v) is 2.26. The van der Waals surface area contributed by atoms with Crippen LogP contribution >= 0.6 is 15.9 Å². The minimum atomic E-state index is -0.0995. The third kappa shape index (κ3) is 4.26. The molecular weight excluding hydrogens is 270 g/mol. The smallest absolute Gasteiger partial charge is 0.252 e. The number of hydrogen-bond donors (Lipinski definition) is 1. The quantitative estimate of drug-likeness (QED) is 0.842. The molecular formula is C11H16BrN3O. The molecule has 0 bridgehead atoms. The van der Waals surface area contributed by atoms with Crippen LogP contribution in [0.25, 0.3) is 0 Å². The van der Waals surface area contributed by atoms with E-state index in [0.717, 1.165) is 11.8 Å². The summed E-state index contributed by atoms with van der Waals surface area (Å²) < 4.78 is 0. The number of nitrogens with one attached hydrogen (secondary N) is 1. The molecule has 0 saturated heterocycles. The number of carbonyl (C=O) groups excluding carboxylic acids is 1. The van der Waals surface area contributed by atoms with E-state index in [0.29, 0.717) is 12.1 Å². The SMILES string of the molecule is CC(C)(CCBr)CNC(=O)c1ccnnc1. The number of rotatable bonds is 5. The van der Waals surface area contributed by atoms with Crippen molar-refractivity contribution in [1.29, 1.82) is 0 Å². The molecule has 16 heavy (non-hydrogen) atoms. The van der Waals surface area contributed by atoms with Crippen LogP contribution < -0.4 is 5.32 Å². The molecule has 0 aliphatic heterocycles. The van der Waals surface area contributed by atoms with Gasteiger partial charge in [0.15, 0.2) is 0 Å². The molecule has 0 aromatic carbocycles. The van der Waals surface area contributed by atoms with Crippen LogP contribution in [0, 0.1) is 5.41 Å². The predicted octanol–water partition coefficient (Wildman–Crippen LogP) is 2.02. The molecule has 5 heteroatoms. The minimum Gasteiger partial charge on any atom is -0.351 e. The van der Waals surface area contributed by atoms with Gasteiger partial charge in [0.2, 0.25) is 0 Å². The number of hydrogen-bond acceptors (Lipinski definition) is 3. The Morgan fingerprint density at radius 1 is 1.50 bits per heavy atom. The fraction of sp³-hybridized carbons (Fsp3) is 0.545. The average Bonchev–Trinajstić information content (AvgIpc) is 2.27. The molecule has 1 aromatic rings. The van der Waals surface area contributed by atoms with E-state index in [1.807, 2.05) is 0 Å². The lowest BCUT2D eigenvalue weighted by Crippen LogP contribution is -2.34. The predicted molar refractivity (Wildman–Crippen MR) is 66.6 cm³/mol. The number of aromatic nitrogens is 2. The summed E-state index contributed by atoms with van der Waals surface area (Å²) in [6.45, 7) is 4.90. The van der Waals surface area contributed by atoms with Crippen molar-refractivity contribution in [3.8, 4) is 0 Å². The van der Waals surface area contributed by atoms with Gasteiger partial charge in [0.05, 0.1) is 18.0 Å². The molecule has 1 aromatic heterocycles. The second kappa shape index (κ2) is 5.94. The Kier molecular flexibility index (Phi) is 4.86. The lowest BCUT2D eigenvalue weighted by atomic mass is 9.90. The third-order valence-electron chi connectivity index (χ3n) is 2.35. The van der Waals surface area contributed by atoms with Crippen LogP contribution in [0.5, 0.6) is 0 Å². The van der Waals surface area contributed by atoms with E-state index in [1.165, 1.54) is 12.4 Å². The summed E-state index contributed by atoms with van der Waals surface area (Å²) in [6.07, 6.45) is 3.99. The third-order valence-corrected chi connectivity index (χ3v) is 2.74. The van der Waals surface area contributed by atoms with Gasteiger partial charge >= 0.3 is 0 Å². The number of carbonyl (C=O) groups is 1. The molecule has 0 aliphatic rings. The largest absolute Gasteiger partial charge is 0.351 e. The first-order chi connectivity index (χ1) is 7.55. The zero-order valence-electron chi connectivity index (χ0n) is 9.53. The zero-order chi connectivity index (χ0) is 12.0. The number of halogens is 1. The summed E-state index contributed by atoms with van der Waals surface area (Å²) in [5, 5.41) is 11.1. The van der Waals surface area contributed by atoms with E-state index in [9.17, 15) is 4.79 Å². The first-order valence-corrected chi connectivity index (χ1v) is 6.28. The van der Waals surface area contributed by atoms with Gasteiger partial charge in [-0.1, -0.05) is 29.8 Å². The van der Waals surface area contributed by atoms with Crippen molar-refractivity contribution in [3.63, 3.8) is 0 Å². The molecule has 0 aliphatic carbocycles. The van der Waals surface area contributed by atoms with Crippen molar-refractivity contribution in [1.82, 2.24) is 15.5 Å². The molecule has 0 atom stereocenters. The highest BCUT2D eigenvalue weighted by molar-refractivity contribution is 9.09. The topological polar surface area (TPSA) is 54.9 Å². The van der Waals surface area contributed by atoms with Crippen molar-refractivity contribution < 1.29 is 4.79 Å². The molecule has 0 fully saturated rings. The lowest BCUT2D eigenvalue weighted by molar-refractivity contribution is 0.0935. The van der Waals surface area contributed by atoms with Crippen molar-refractivity contribution in [2.75, 3.05) is 11.9 Å². The van der Waals surface area contributed by atoms with E-state index >= 15 is 0 Å². The normalized spacial score (nSPS) is 11.2. The van der Waals surface area contributed by atoms with Gasteiger partial charge in [0.1, 0.15) is 0 Å². The van der Waals surface area contributed by atoms with Crippen molar-refractivity contribution in [3.05, 3.63) is 24.0 Å². The summed E-state index contributed by atoms with van der Waals surface area (Å²) in [7, 11) is 0. The highest BCUT2D eigenvalue weighted by Gasteiger charge is 2.18. The standard InChI is InChI=1S/C11H16BrN3O/c1-11(2,4-5-12)8-13-10(16)9-3-6-14-15-7-9/h3,6-7H,4-5,8H2,1-2H3,(H,13,16). The van der Waals surface area contributed by atoms with E-state index in [1.54, 1.807) is 6.07 Å². The van der Waals surface area contributed by atoms with Gasteiger partial charge < -0.3 is 5.32 Å². The highest BCUT2D eigenvalue weighted by atomic mass is 79.9. The summed E-state index contributed by atoms with van der Waals surface area (Å²) in [5.41, 5.74) is 0.643. The van der Waals surface area contributed by atoms with Crippen LogP contribution in [0.2, 0.25) is 0 Å². The molecule has 88 valence electrons. The van der Waals surface area contributed by atoms with Crippen molar-refractivity contribution in [2.24, 2.45) is 5.41 Å². The summed E-state index contributed by atoms with van der Waals surface area (Å²) >= 11 is 3.41. The molecule has 0 unspecified atom stereocenters. The maximum absolute atomic E-state index is 11.7. The van der Waals surface area contributed by atoms with Gasteiger partial charge in [0.25, 0.3) is 5.91 Å². The molecule has 1 heterocycles. The number of nitrogens with zero attached hydrogens (tertiary/aromatic N) is 2. The molecule has 0 saturated carbocycles. The molecule has 4 nitrogen and oxygen atoms in total. The van der Waals surface area contributed by atoms with Crippen LogP contribution in [0.3, 0.4) is 0 Å². The van der Waals surface area contributed by atoms with Gasteiger partial charge in [-0.2, -0.15) is 10.2 Å². The van der Waals surface area contributed by atoms with Crippen LogP contribution in [0.1, 0.15) is 30.6 Å². The molecule has 1 amide bonds. The van der Waals surface area contributed by atoms with Crippen molar-refractivity contribution >= 4 is 21.8 Å². The molecule has 0 spiro atoms. The van der Waals surface area contributed by atoms with E-state index in [-0.39, 0.29) is 11.3 Å². The monoisotopic (exact) mass is 285 g/mol. The Morgan fingerprint density at radius 3 is 2.81 bits per heavy atom. The molecule has 0 radical (unpaired) electrons. The Balaban J connectivity index is 2.48. The number of alkyl halides is 1. The van der Waals surface area contributed by atoms with Crippen LogP contribution in [-0.2, 0) is 0 Å².